The topological polar surface area (TPSA) is 66.8 Å². The highest BCUT2D eigenvalue weighted by atomic mass is 19.4. The van der Waals surface area contributed by atoms with Gasteiger partial charge in [0.05, 0.1) is 5.92 Å². The highest BCUT2D eigenvalue weighted by Crippen LogP contribution is 2.27. The van der Waals surface area contributed by atoms with Crippen LogP contribution in [0.15, 0.2) is 24.3 Å². The van der Waals surface area contributed by atoms with Crippen molar-refractivity contribution in [1.29, 1.82) is 0 Å². The van der Waals surface area contributed by atoms with Crippen LogP contribution in [-0.2, 0) is 16.0 Å². The van der Waals surface area contributed by atoms with Crippen molar-refractivity contribution in [3.8, 4) is 5.75 Å². The van der Waals surface area contributed by atoms with E-state index >= 15 is 0 Å². The van der Waals surface area contributed by atoms with Gasteiger partial charge in [0.25, 0.3) is 0 Å². The predicted molar refractivity (Wildman–Crippen MR) is 73.8 cm³/mol. The molecular weight excluding hydrogens is 315 g/mol. The minimum atomic E-state index is -4.79. The standard InChI is InChI=1S/C15H16F3NO4/c16-15(17,18)23-12-4-2-1-3-10(12)5-6-13(20)19-8-7-11(9-19)14(21)22/h1-4,11H,5-9H2,(H,21,22). The molecule has 1 aliphatic heterocycles. The van der Waals surface area contributed by atoms with Gasteiger partial charge in [-0.25, -0.2) is 0 Å². The van der Waals surface area contributed by atoms with E-state index in [0.29, 0.717) is 13.0 Å². The van der Waals surface area contributed by atoms with Crippen LogP contribution in [-0.4, -0.2) is 41.3 Å². The number of carbonyl (C=O) groups is 2. The van der Waals surface area contributed by atoms with E-state index in [4.69, 9.17) is 5.11 Å². The van der Waals surface area contributed by atoms with E-state index < -0.39 is 18.2 Å². The molecule has 1 unspecified atom stereocenters. The van der Waals surface area contributed by atoms with Crippen LogP contribution in [0.3, 0.4) is 0 Å². The first-order chi connectivity index (χ1) is 10.8. The Morgan fingerprint density at radius 2 is 2.00 bits per heavy atom. The lowest BCUT2D eigenvalue weighted by atomic mass is 10.1. The van der Waals surface area contributed by atoms with E-state index in [2.05, 4.69) is 4.74 Å². The van der Waals surface area contributed by atoms with Crippen LogP contribution in [0.1, 0.15) is 18.4 Å². The van der Waals surface area contributed by atoms with Gasteiger partial charge in [-0.15, -0.1) is 13.2 Å². The van der Waals surface area contributed by atoms with Crippen molar-refractivity contribution in [2.75, 3.05) is 13.1 Å². The second-order valence-corrected chi connectivity index (χ2v) is 5.32. The number of carbonyl (C=O) groups excluding carboxylic acids is 1. The number of alkyl halides is 3. The fourth-order valence-electron chi connectivity index (χ4n) is 2.52. The molecule has 0 radical (unpaired) electrons. The maximum atomic E-state index is 12.3. The quantitative estimate of drug-likeness (QED) is 0.900. The van der Waals surface area contributed by atoms with Crippen LogP contribution < -0.4 is 4.74 Å². The third-order valence-corrected chi connectivity index (χ3v) is 3.70. The summed E-state index contributed by atoms with van der Waals surface area (Å²) < 4.78 is 40.9. The summed E-state index contributed by atoms with van der Waals surface area (Å²) in [5.41, 5.74) is 0.284. The molecule has 2 rings (SSSR count). The molecule has 1 saturated heterocycles. The van der Waals surface area contributed by atoms with Crippen molar-refractivity contribution in [3.05, 3.63) is 29.8 Å². The Balaban J connectivity index is 1.94. The first kappa shape index (κ1) is 17.1. The molecule has 0 spiro atoms. The molecule has 1 aliphatic rings. The number of likely N-dealkylation sites (tertiary alicyclic amines) is 1. The van der Waals surface area contributed by atoms with Crippen molar-refractivity contribution in [2.45, 2.75) is 25.6 Å². The number of amides is 1. The summed E-state index contributed by atoms with van der Waals surface area (Å²) in [7, 11) is 0. The minimum Gasteiger partial charge on any atom is -0.481 e. The molecule has 1 atom stereocenters. The fraction of sp³-hybridized carbons (Fsp3) is 0.467. The van der Waals surface area contributed by atoms with E-state index in [1.807, 2.05) is 0 Å². The molecule has 1 N–H and O–H groups in total. The fourth-order valence-corrected chi connectivity index (χ4v) is 2.52. The number of aryl methyl sites for hydroxylation is 1. The third kappa shape index (κ3) is 4.87. The molecule has 5 nitrogen and oxygen atoms in total. The molecular formula is C15H16F3NO4. The van der Waals surface area contributed by atoms with Gasteiger partial charge in [-0.05, 0) is 24.5 Å². The predicted octanol–water partition coefficient (Wildman–Crippen LogP) is 2.45. The molecule has 126 valence electrons. The summed E-state index contributed by atoms with van der Waals surface area (Å²) in [6, 6.07) is 5.66. The molecule has 1 fully saturated rings. The number of para-hydroxylation sites is 1. The van der Waals surface area contributed by atoms with Crippen molar-refractivity contribution in [3.63, 3.8) is 0 Å². The van der Waals surface area contributed by atoms with Gasteiger partial charge in [-0.1, -0.05) is 18.2 Å². The summed E-state index contributed by atoms with van der Waals surface area (Å²) in [6.45, 7) is 0.505. The molecule has 0 aromatic heterocycles. The van der Waals surface area contributed by atoms with E-state index in [-0.39, 0.29) is 36.6 Å². The average Bonchev–Trinajstić information content (AvgIpc) is 2.94. The minimum absolute atomic E-state index is 0.00453. The van der Waals surface area contributed by atoms with Crippen LogP contribution in [0.4, 0.5) is 13.2 Å². The number of rotatable bonds is 5. The number of carboxylic acid groups (broad SMARTS) is 1. The van der Waals surface area contributed by atoms with Gasteiger partial charge in [-0.2, -0.15) is 0 Å². The average molecular weight is 331 g/mol. The third-order valence-electron chi connectivity index (χ3n) is 3.70. The maximum absolute atomic E-state index is 12.3. The first-order valence-electron chi connectivity index (χ1n) is 7.10. The van der Waals surface area contributed by atoms with Crippen LogP contribution in [0.25, 0.3) is 0 Å². The van der Waals surface area contributed by atoms with E-state index in [1.165, 1.54) is 23.1 Å². The molecule has 8 heteroatoms. The number of nitrogens with zero attached hydrogens (tertiary/aromatic N) is 1. The molecule has 0 saturated carbocycles. The molecule has 1 aromatic carbocycles. The highest BCUT2D eigenvalue weighted by molar-refractivity contribution is 5.79. The van der Waals surface area contributed by atoms with Crippen LogP contribution in [0.2, 0.25) is 0 Å². The van der Waals surface area contributed by atoms with Crippen LogP contribution in [0, 0.1) is 5.92 Å². The summed E-state index contributed by atoms with van der Waals surface area (Å²) in [6.07, 6.45) is -4.29. The molecule has 1 heterocycles. The number of halogens is 3. The zero-order valence-corrected chi connectivity index (χ0v) is 12.2. The molecule has 23 heavy (non-hydrogen) atoms. The van der Waals surface area contributed by atoms with Crippen molar-refractivity contribution in [1.82, 2.24) is 4.90 Å². The van der Waals surface area contributed by atoms with Crippen LogP contribution in [0.5, 0.6) is 5.75 Å². The first-order valence-corrected chi connectivity index (χ1v) is 7.10. The highest BCUT2D eigenvalue weighted by Gasteiger charge is 2.33. The smallest absolute Gasteiger partial charge is 0.481 e. The van der Waals surface area contributed by atoms with Gasteiger partial charge in [0.2, 0.25) is 5.91 Å². The van der Waals surface area contributed by atoms with Gasteiger partial charge < -0.3 is 14.7 Å². The molecule has 0 bridgehead atoms. The van der Waals surface area contributed by atoms with Gasteiger partial charge in [0.1, 0.15) is 5.75 Å². The summed E-state index contributed by atoms with van der Waals surface area (Å²) in [4.78, 5) is 24.4. The van der Waals surface area contributed by atoms with E-state index in [1.54, 1.807) is 6.07 Å². The zero-order valence-electron chi connectivity index (χ0n) is 12.2. The number of hydrogen-bond donors (Lipinski definition) is 1. The largest absolute Gasteiger partial charge is 0.573 e. The van der Waals surface area contributed by atoms with Crippen molar-refractivity contribution >= 4 is 11.9 Å². The number of ether oxygens (including phenoxy) is 1. The zero-order chi connectivity index (χ0) is 17.0. The Labute approximate surface area is 130 Å². The number of aliphatic carboxylic acids is 1. The number of benzene rings is 1. The van der Waals surface area contributed by atoms with E-state index in [0.717, 1.165) is 0 Å². The number of carboxylic acids is 1. The lowest BCUT2D eigenvalue weighted by molar-refractivity contribution is -0.274. The Hall–Kier alpha value is -2.25. The summed E-state index contributed by atoms with van der Waals surface area (Å²) in [5.74, 6) is -2.10. The monoisotopic (exact) mass is 331 g/mol. The summed E-state index contributed by atoms with van der Waals surface area (Å²) in [5, 5.41) is 8.90. The molecule has 1 aromatic rings. The second kappa shape index (κ2) is 6.89. The lowest BCUT2D eigenvalue weighted by Gasteiger charge is -2.17. The van der Waals surface area contributed by atoms with Gasteiger partial charge in [0.15, 0.2) is 0 Å². The maximum Gasteiger partial charge on any atom is 0.573 e. The Morgan fingerprint density at radius 1 is 1.30 bits per heavy atom. The second-order valence-electron chi connectivity index (χ2n) is 5.32. The Morgan fingerprint density at radius 3 is 2.61 bits per heavy atom. The SMILES string of the molecule is O=C(O)C1CCN(C(=O)CCc2ccccc2OC(F)(F)F)C1. The molecule has 1 amide bonds. The van der Waals surface area contributed by atoms with Crippen molar-refractivity contribution in [2.24, 2.45) is 5.92 Å². The van der Waals surface area contributed by atoms with Crippen molar-refractivity contribution < 1.29 is 32.6 Å². The van der Waals surface area contributed by atoms with E-state index in [9.17, 15) is 22.8 Å². The lowest BCUT2D eigenvalue weighted by Crippen LogP contribution is -2.30. The van der Waals surface area contributed by atoms with Gasteiger partial charge in [-0.3, -0.25) is 9.59 Å². The van der Waals surface area contributed by atoms with Gasteiger partial charge >= 0.3 is 12.3 Å². The summed E-state index contributed by atoms with van der Waals surface area (Å²) >= 11 is 0. The number of hydrogen-bond acceptors (Lipinski definition) is 3. The van der Waals surface area contributed by atoms with Crippen LogP contribution >= 0.6 is 0 Å². The Kier molecular flexibility index (Phi) is 5.12. The van der Waals surface area contributed by atoms with Gasteiger partial charge in [0, 0.05) is 19.5 Å². The molecule has 0 aliphatic carbocycles. The Bertz CT molecular complexity index is 588. The normalized spacial score (nSPS) is 18.0.